The van der Waals surface area contributed by atoms with Crippen LogP contribution in [0, 0.1) is 18.3 Å². The molecular weight excluding hydrogens is 811 g/mol. The van der Waals surface area contributed by atoms with E-state index < -0.39 is 0 Å². The summed E-state index contributed by atoms with van der Waals surface area (Å²) in [6, 6.07) is 71.1. The van der Waals surface area contributed by atoms with Gasteiger partial charge in [0.1, 0.15) is 11.6 Å². The molecule has 14 aromatic rings. The fraction of sp³-hybridized carbons (Fsp3) is 0.0172. The number of fused-ring (bicyclic) bond motifs is 12. The minimum Gasteiger partial charge on any atom is -0.421 e. The zero-order chi connectivity index (χ0) is 43.6. The van der Waals surface area contributed by atoms with Crippen LogP contribution >= 0.6 is 0 Å². The van der Waals surface area contributed by atoms with Crippen molar-refractivity contribution in [2.45, 2.75) is 6.92 Å². The highest BCUT2D eigenvalue weighted by Gasteiger charge is 2.36. The van der Waals surface area contributed by atoms with E-state index in [0.717, 1.165) is 104 Å². The summed E-state index contributed by atoms with van der Waals surface area (Å²) < 4.78 is 16.0. The topological polar surface area (TPSA) is 82.4 Å². The van der Waals surface area contributed by atoms with Gasteiger partial charge in [0.2, 0.25) is 5.89 Å². The molecule has 8 heteroatoms. The van der Waals surface area contributed by atoms with Gasteiger partial charge in [-0.2, -0.15) is 5.26 Å². The molecule has 66 heavy (non-hydrogen) atoms. The van der Waals surface area contributed by atoms with Crippen LogP contribution in [0.15, 0.2) is 199 Å². The smallest absolute Gasteiger partial charge is 0.252 e. The minimum absolute atomic E-state index is 0.300. The van der Waals surface area contributed by atoms with Gasteiger partial charge in [-0.1, -0.05) is 146 Å². The third-order valence-corrected chi connectivity index (χ3v) is 13.5. The zero-order valence-corrected chi connectivity index (χ0v) is 35.5. The molecule has 0 saturated heterocycles. The van der Waals surface area contributed by atoms with Crippen LogP contribution in [-0.4, -0.2) is 28.5 Å². The van der Waals surface area contributed by atoms with Crippen molar-refractivity contribution in [2.75, 3.05) is 0 Å². The molecule has 0 atom stereocenters. The van der Waals surface area contributed by atoms with Crippen molar-refractivity contribution in [3.8, 4) is 40.3 Å². The molecule has 8 nitrogen and oxygen atoms in total. The summed E-state index contributed by atoms with van der Waals surface area (Å²) in [5.41, 5.74) is 11.8. The van der Waals surface area contributed by atoms with E-state index in [9.17, 15) is 5.26 Å². The predicted octanol–water partition coefficient (Wildman–Crippen LogP) is 14.3. The number of aromatic nitrogens is 6. The summed E-state index contributed by atoms with van der Waals surface area (Å²) in [7, 11) is 0. The number of nitrogens with zero attached hydrogens (tertiary/aromatic N) is 7. The van der Waals surface area contributed by atoms with Crippen LogP contribution in [0.1, 0.15) is 11.5 Å². The number of para-hydroxylation sites is 8. The first-order valence-corrected chi connectivity index (χ1v) is 22.1. The van der Waals surface area contributed by atoms with E-state index in [1.165, 1.54) is 0 Å². The molecule has 9 aromatic carbocycles. The Kier molecular flexibility index (Phi) is 7.51. The molecule has 0 aliphatic rings. The normalized spacial score (nSPS) is 12.0. The van der Waals surface area contributed by atoms with Crippen LogP contribution in [0.3, 0.4) is 0 Å². The van der Waals surface area contributed by atoms with Crippen LogP contribution in [-0.2, 0) is 0 Å². The van der Waals surface area contributed by atoms with Crippen molar-refractivity contribution < 1.29 is 4.42 Å². The van der Waals surface area contributed by atoms with Crippen LogP contribution in [0.5, 0.6) is 0 Å². The molecule has 0 spiro atoms. The molecule has 0 bridgehead atoms. The van der Waals surface area contributed by atoms with Gasteiger partial charge >= 0.3 is 0 Å². The van der Waals surface area contributed by atoms with E-state index in [1.54, 1.807) is 0 Å². The lowest BCUT2D eigenvalue weighted by Crippen LogP contribution is -2.16. The van der Waals surface area contributed by atoms with Gasteiger partial charge in [0.05, 0.1) is 72.4 Å². The van der Waals surface area contributed by atoms with Gasteiger partial charge in [-0.25, -0.2) is 0 Å². The molecule has 0 fully saturated rings. The molecule has 0 saturated carbocycles. The third kappa shape index (κ3) is 4.80. The molecule has 0 radical (unpaired) electrons. The number of aryl methyl sites for hydroxylation is 1. The SMILES string of the molecule is Cc1nnc(-c2c(-n3c4ccccc4c4ccccc43)c(C#N)c(-n3c4ccccc4c4ccccc43)c(-n3c4ccccc4c4ccccc43)c2-n2c3ccccc3c3ccccc32)o1. The number of rotatable bonds is 5. The van der Waals surface area contributed by atoms with E-state index in [4.69, 9.17) is 9.52 Å². The first-order valence-electron chi connectivity index (χ1n) is 22.1. The van der Waals surface area contributed by atoms with Crippen LogP contribution in [0.4, 0.5) is 0 Å². The van der Waals surface area contributed by atoms with Gasteiger partial charge in [0, 0.05) is 50.0 Å². The van der Waals surface area contributed by atoms with Gasteiger partial charge < -0.3 is 22.7 Å². The first-order chi connectivity index (χ1) is 32.7. The average Bonchev–Trinajstić information content (AvgIpc) is 4.19. The van der Waals surface area contributed by atoms with Gasteiger partial charge in [0.25, 0.3) is 5.89 Å². The van der Waals surface area contributed by atoms with E-state index in [0.29, 0.717) is 28.6 Å². The van der Waals surface area contributed by atoms with Gasteiger partial charge in [-0.05, 0) is 48.5 Å². The second kappa shape index (κ2) is 13.7. The van der Waals surface area contributed by atoms with Crippen LogP contribution in [0.25, 0.3) is 121 Å². The van der Waals surface area contributed by atoms with E-state index in [-0.39, 0.29) is 0 Å². The van der Waals surface area contributed by atoms with E-state index >= 15 is 0 Å². The maximum Gasteiger partial charge on any atom is 0.252 e. The molecule has 0 unspecified atom stereocenters. The fourth-order valence-corrected chi connectivity index (χ4v) is 10.9. The molecule has 5 heterocycles. The van der Waals surface area contributed by atoms with Gasteiger partial charge in [-0.15, -0.1) is 10.2 Å². The Balaban J connectivity index is 1.37. The summed E-state index contributed by atoms with van der Waals surface area (Å²) in [4.78, 5) is 0. The summed E-state index contributed by atoms with van der Waals surface area (Å²) in [6.45, 7) is 1.82. The quantitative estimate of drug-likeness (QED) is 0.173. The lowest BCUT2D eigenvalue weighted by atomic mass is 9.97. The number of nitriles is 1. The Morgan fingerprint density at radius 3 is 0.909 bits per heavy atom. The van der Waals surface area contributed by atoms with Crippen LogP contribution < -0.4 is 0 Å². The van der Waals surface area contributed by atoms with Crippen molar-refractivity contribution in [1.82, 2.24) is 28.5 Å². The molecule has 0 amide bonds. The fourth-order valence-electron chi connectivity index (χ4n) is 10.9. The summed E-state index contributed by atoms with van der Waals surface area (Å²) >= 11 is 0. The Bertz CT molecular complexity index is 4180. The Hall–Kier alpha value is -9.19. The monoisotopic (exact) mass is 845 g/mol. The molecule has 308 valence electrons. The largest absolute Gasteiger partial charge is 0.421 e. The Morgan fingerprint density at radius 2 is 0.621 bits per heavy atom. The van der Waals surface area contributed by atoms with Crippen molar-refractivity contribution in [2.24, 2.45) is 0 Å². The highest BCUT2D eigenvalue weighted by atomic mass is 16.4. The third-order valence-electron chi connectivity index (χ3n) is 13.5. The lowest BCUT2D eigenvalue weighted by Gasteiger charge is -2.28. The van der Waals surface area contributed by atoms with E-state index in [2.05, 4.69) is 224 Å². The highest BCUT2D eigenvalue weighted by Crippen LogP contribution is 2.51. The molecule has 0 N–H and O–H groups in total. The molecule has 14 rings (SSSR count). The van der Waals surface area contributed by atoms with Crippen LogP contribution in [0.2, 0.25) is 0 Å². The second-order valence-corrected chi connectivity index (χ2v) is 16.9. The zero-order valence-electron chi connectivity index (χ0n) is 35.5. The number of benzene rings is 9. The minimum atomic E-state index is 0.300. The van der Waals surface area contributed by atoms with Crippen molar-refractivity contribution in [1.29, 1.82) is 5.26 Å². The molecule has 0 aliphatic carbocycles. The molecule has 0 aliphatic heterocycles. The van der Waals surface area contributed by atoms with Crippen molar-refractivity contribution in [3.63, 3.8) is 0 Å². The van der Waals surface area contributed by atoms with Gasteiger partial charge in [-0.3, -0.25) is 0 Å². The van der Waals surface area contributed by atoms with Crippen molar-refractivity contribution in [3.05, 3.63) is 206 Å². The molecule has 5 aromatic heterocycles. The Labute approximate surface area is 376 Å². The number of hydrogen-bond acceptors (Lipinski definition) is 4. The first kappa shape index (κ1) is 36.3. The Morgan fingerprint density at radius 1 is 0.348 bits per heavy atom. The number of hydrogen-bond donors (Lipinski definition) is 0. The average molecular weight is 846 g/mol. The maximum absolute atomic E-state index is 12.4. The van der Waals surface area contributed by atoms with Gasteiger partial charge in [0.15, 0.2) is 0 Å². The lowest BCUT2D eigenvalue weighted by molar-refractivity contribution is 0.532. The summed E-state index contributed by atoms with van der Waals surface area (Å²) in [5.74, 6) is 0.711. The predicted molar refractivity (Wildman–Crippen MR) is 267 cm³/mol. The summed E-state index contributed by atoms with van der Waals surface area (Å²) in [5, 5.41) is 30.5. The maximum atomic E-state index is 12.4. The second-order valence-electron chi connectivity index (χ2n) is 16.9. The summed E-state index contributed by atoms with van der Waals surface area (Å²) in [6.07, 6.45) is 0. The van der Waals surface area contributed by atoms with E-state index in [1.807, 2.05) is 6.92 Å². The highest BCUT2D eigenvalue weighted by molar-refractivity contribution is 6.16. The van der Waals surface area contributed by atoms with Crippen molar-refractivity contribution >= 4 is 87.2 Å². The molecular formula is C58H35N7O. The standard InChI is InChI=1S/C58H35N7O/c1-35-60-61-58(66-35)53-54(62-45-26-10-2-18-36(45)37-19-3-11-27-46(37)62)44(34-59)55(63-47-28-12-4-20-38(47)39-21-5-13-29-48(39)63)57(65-51-32-16-8-24-42(51)43-25-9-17-33-52(43)65)56(53)64-49-30-14-6-22-40(49)41-23-7-15-31-50(41)64/h2-33H,1H3.